The molecule has 0 heterocycles. The largest absolute Gasteiger partial charge is 0.338 e. The van der Waals surface area contributed by atoms with E-state index in [1.54, 1.807) is 11.9 Å². The first-order chi connectivity index (χ1) is 8.69. The van der Waals surface area contributed by atoms with Crippen LogP contribution in [0.5, 0.6) is 0 Å². The summed E-state index contributed by atoms with van der Waals surface area (Å²) in [4.78, 5) is 13.5. The van der Waals surface area contributed by atoms with Gasteiger partial charge in [-0.05, 0) is 17.5 Å². The highest BCUT2D eigenvalue weighted by atomic mass is 16.2. The van der Waals surface area contributed by atoms with Crippen LogP contribution < -0.4 is 11.1 Å². The number of hydrogen-bond acceptors (Lipinski definition) is 2. The lowest BCUT2D eigenvalue weighted by Crippen LogP contribution is -2.37. The minimum absolute atomic E-state index is 0.0322. The molecule has 2 amide bonds. The summed E-state index contributed by atoms with van der Waals surface area (Å²) in [5.41, 5.74) is 7.87. The summed E-state index contributed by atoms with van der Waals surface area (Å²) in [6, 6.07) is 7.91. The first-order valence-electron chi connectivity index (χ1n) is 6.44. The van der Waals surface area contributed by atoms with Crippen LogP contribution in [0.4, 0.5) is 4.79 Å². The molecule has 0 saturated heterocycles. The van der Waals surface area contributed by atoms with Gasteiger partial charge in [0, 0.05) is 26.7 Å². The molecule has 1 rings (SSSR count). The van der Waals surface area contributed by atoms with Crippen molar-refractivity contribution >= 4 is 6.03 Å². The van der Waals surface area contributed by atoms with Crippen molar-refractivity contribution in [3.8, 4) is 0 Å². The number of nitrogens with one attached hydrogen (secondary N) is 1. The Morgan fingerprint density at radius 1 is 1.33 bits per heavy atom. The van der Waals surface area contributed by atoms with Gasteiger partial charge < -0.3 is 16.0 Å². The normalized spacial score (nSPS) is 10.2. The predicted molar refractivity (Wildman–Crippen MR) is 74.1 cm³/mol. The van der Waals surface area contributed by atoms with Gasteiger partial charge in [-0.25, -0.2) is 4.79 Å². The molecule has 4 nitrogen and oxygen atoms in total. The lowest BCUT2D eigenvalue weighted by Gasteiger charge is -2.19. The van der Waals surface area contributed by atoms with Crippen LogP contribution in [0.2, 0.25) is 0 Å². The Kier molecular flexibility index (Phi) is 6.22. The third-order valence-electron chi connectivity index (χ3n) is 2.90. The minimum Gasteiger partial charge on any atom is -0.338 e. The van der Waals surface area contributed by atoms with Gasteiger partial charge in [-0.2, -0.15) is 0 Å². The molecule has 0 aromatic heterocycles. The topological polar surface area (TPSA) is 58.4 Å². The van der Waals surface area contributed by atoms with Gasteiger partial charge in [0.15, 0.2) is 0 Å². The van der Waals surface area contributed by atoms with Crippen LogP contribution in [0, 0.1) is 0 Å². The molecule has 0 aliphatic heterocycles. The van der Waals surface area contributed by atoms with Crippen molar-refractivity contribution < 1.29 is 4.79 Å². The van der Waals surface area contributed by atoms with Crippen molar-refractivity contribution in [2.75, 3.05) is 13.6 Å². The van der Waals surface area contributed by atoms with E-state index >= 15 is 0 Å². The third-order valence-corrected chi connectivity index (χ3v) is 2.90. The number of carbonyl (C=O) groups is 1. The van der Waals surface area contributed by atoms with Gasteiger partial charge in [0.05, 0.1) is 0 Å². The highest BCUT2D eigenvalue weighted by Crippen LogP contribution is 2.10. The van der Waals surface area contributed by atoms with Crippen LogP contribution >= 0.6 is 0 Å². The number of nitrogens with zero attached hydrogens (tertiary/aromatic N) is 1. The first-order valence-corrected chi connectivity index (χ1v) is 6.44. The summed E-state index contributed by atoms with van der Waals surface area (Å²) >= 11 is 0. The minimum atomic E-state index is -0.0322. The Balaban J connectivity index is 2.52. The van der Waals surface area contributed by atoms with Gasteiger partial charge in [-0.3, -0.25) is 0 Å². The first kappa shape index (κ1) is 14.5. The fourth-order valence-corrected chi connectivity index (χ4v) is 1.75. The van der Waals surface area contributed by atoms with Gasteiger partial charge in [0.2, 0.25) is 0 Å². The second-order valence-electron chi connectivity index (χ2n) is 4.41. The number of urea groups is 1. The molecule has 4 heteroatoms. The highest BCUT2D eigenvalue weighted by molar-refractivity contribution is 5.73. The molecule has 0 radical (unpaired) electrons. The van der Waals surface area contributed by atoms with E-state index in [1.165, 1.54) is 0 Å². The predicted octanol–water partition coefficient (Wildman–Crippen LogP) is 2.09. The molecule has 0 aliphatic carbocycles. The zero-order chi connectivity index (χ0) is 13.4. The summed E-state index contributed by atoms with van der Waals surface area (Å²) in [5.74, 6) is 0. The molecular weight excluding hydrogens is 226 g/mol. The lowest BCUT2D eigenvalue weighted by molar-refractivity contribution is 0.206. The molecule has 0 fully saturated rings. The maximum absolute atomic E-state index is 11.8. The Morgan fingerprint density at radius 2 is 2.00 bits per heavy atom. The summed E-state index contributed by atoms with van der Waals surface area (Å²) < 4.78 is 0. The molecule has 0 unspecified atom stereocenters. The van der Waals surface area contributed by atoms with E-state index in [2.05, 4.69) is 12.2 Å². The van der Waals surface area contributed by atoms with Crippen molar-refractivity contribution in [2.24, 2.45) is 5.73 Å². The van der Waals surface area contributed by atoms with Crippen LogP contribution in [0.15, 0.2) is 24.3 Å². The van der Waals surface area contributed by atoms with Gasteiger partial charge in [-0.15, -0.1) is 0 Å². The van der Waals surface area contributed by atoms with Crippen molar-refractivity contribution in [3.05, 3.63) is 35.4 Å². The van der Waals surface area contributed by atoms with Crippen molar-refractivity contribution in [1.82, 2.24) is 10.2 Å². The molecule has 3 N–H and O–H groups in total. The summed E-state index contributed by atoms with van der Waals surface area (Å²) in [6.07, 6.45) is 2.10. The Bertz CT molecular complexity index is 379. The van der Waals surface area contributed by atoms with E-state index in [1.807, 2.05) is 24.3 Å². The number of carbonyl (C=O) groups excluding carboxylic acids is 1. The second kappa shape index (κ2) is 7.71. The number of rotatable bonds is 6. The summed E-state index contributed by atoms with van der Waals surface area (Å²) in [6.45, 7) is 3.93. The number of benzene rings is 1. The SMILES string of the molecule is CCCCNC(=O)N(C)Cc1ccccc1CN. The van der Waals surface area contributed by atoms with Crippen LogP contribution in [-0.2, 0) is 13.1 Å². The number of hydrogen-bond donors (Lipinski definition) is 2. The number of unbranched alkanes of at least 4 members (excludes halogenated alkanes) is 1. The number of nitrogens with two attached hydrogens (primary N) is 1. The standard InChI is InChI=1S/C14H23N3O/c1-3-4-9-16-14(18)17(2)11-13-8-6-5-7-12(13)10-15/h5-8H,3-4,9-11,15H2,1-2H3,(H,16,18). The quantitative estimate of drug-likeness (QED) is 0.758. The average molecular weight is 249 g/mol. The molecule has 0 saturated carbocycles. The molecule has 0 atom stereocenters. The van der Waals surface area contributed by atoms with E-state index < -0.39 is 0 Å². The summed E-state index contributed by atoms with van der Waals surface area (Å²) in [7, 11) is 1.80. The van der Waals surface area contributed by atoms with E-state index in [4.69, 9.17) is 5.73 Å². The van der Waals surface area contributed by atoms with E-state index in [9.17, 15) is 4.79 Å². The monoisotopic (exact) mass is 249 g/mol. The number of amides is 2. The molecule has 0 bridgehead atoms. The Labute approximate surface area is 109 Å². The van der Waals surface area contributed by atoms with Crippen molar-refractivity contribution in [1.29, 1.82) is 0 Å². The Hall–Kier alpha value is -1.55. The summed E-state index contributed by atoms with van der Waals surface area (Å²) in [5, 5.41) is 2.90. The van der Waals surface area contributed by atoms with Crippen molar-refractivity contribution in [3.63, 3.8) is 0 Å². The third kappa shape index (κ3) is 4.37. The average Bonchev–Trinajstić information content (AvgIpc) is 2.39. The fourth-order valence-electron chi connectivity index (χ4n) is 1.75. The van der Waals surface area contributed by atoms with Crippen LogP contribution in [0.25, 0.3) is 0 Å². The van der Waals surface area contributed by atoms with Crippen LogP contribution in [0.1, 0.15) is 30.9 Å². The van der Waals surface area contributed by atoms with Gasteiger partial charge >= 0.3 is 6.03 Å². The molecule has 18 heavy (non-hydrogen) atoms. The second-order valence-corrected chi connectivity index (χ2v) is 4.41. The Morgan fingerprint density at radius 3 is 2.61 bits per heavy atom. The van der Waals surface area contributed by atoms with Gasteiger partial charge in [0.1, 0.15) is 0 Å². The van der Waals surface area contributed by atoms with E-state index in [0.29, 0.717) is 13.1 Å². The zero-order valence-corrected chi connectivity index (χ0v) is 11.3. The molecular formula is C14H23N3O. The van der Waals surface area contributed by atoms with Gasteiger partial charge in [0.25, 0.3) is 0 Å². The maximum atomic E-state index is 11.8. The molecule has 1 aromatic carbocycles. The van der Waals surface area contributed by atoms with Crippen molar-refractivity contribution in [2.45, 2.75) is 32.9 Å². The van der Waals surface area contributed by atoms with Crippen LogP contribution in [-0.4, -0.2) is 24.5 Å². The molecule has 0 spiro atoms. The van der Waals surface area contributed by atoms with Gasteiger partial charge in [-0.1, -0.05) is 37.6 Å². The smallest absolute Gasteiger partial charge is 0.317 e. The van der Waals surface area contributed by atoms with E-state index in [-0.39, 0.29) is 6.03 Å². The fraction of sp³-hybridized carbons (Fsp3) is 0.500. The lowest BCUT2D eigenvalue weighted by atomic mass is 10.1. The molecule has 0 aliphatic rings. The highest BCUT2D eigenvalue weighted by Gasteiger charge is 2.09. The molecule has 1 aromatic rings. The molecule has 100 valence electrons. The zero-order valence-electron chi connectivity index (χ0n) is 11.3. The van der Waals surface area contributed by atoms with Crippen LogP contribution in [0.3, 0.4) is 0 Å². The maximum Gasteiger partial charge on any atom is 0.317 e. The van der Waals surface area contributed by atoms with E-state index in [0.717, 1.165) is 30.5 Å².